The Morgan fingerprint density at radius 1 is 1.40 bits per heavy atom. The van der Waals surface area contributed by atoms with Crippen LogP contribution in [0.2, 0.25) is 0 Å². The number of allylic oxidation sites excluding steroid dienone is 1. The predicted molar refractivity (Wildman–Crippen MR) is 42.7 cm³/mol. The Hall–Kier alpha value is -0.300. The lowest BCUT2D eigenvalue weighted by atomic mass is 9.75. The van der Waals surface area contributed by atoms with E-state index >= 15 is 0 Å². The first-order valence-corrected chi connectivity index (χ1v) is 3.89. The molecule has 0 saturated heterocycles. The summed E-state index contributed by atoms with van der Waals surface area (Å²) in [7, 11) is 0. The second-order valence-electron chi connectivity index (χ2n) is 4.00. The van der Waals surface area contributed by atoms with E-state index in [4.69, 9.17) is 0 Å². The van der Waals surface area contributed by atoms with Crippen molar-refractivity contribution in [1.29, 1.82) is 0 Å². The maximum atomic E-state index is 9.47. The first-order valence-electron chi connectivity index (χ1n) is 3.89. The van der Waals surface area contributed by atoms with Crippen LogP contribution in [0.15, 0.2) is 12.2 Å². The molecule has 1 heteroatoms. The van der Waals surface area contributed by atoms with Crippen LogP contribution in [0, 0.1) is 11.3 Å². The third-order valence-electron chi connectivity index (χ3n) is 2.27. The molecule has 58 valence electrons. The zero-order chi connectivity index (χ0) is 7.78. The number of hydrogen-bond donors (Lipinski definition) is 1. The van der Waals surface area contributed by atoms with Crippen LogP contribution in [0.25, 0.3) is 0 Å². The molecular weight excluding hydrogens is 124 g/mol. The zero-order valence-corrected chi connectivity index (χ0v) is 6.96. The fourth-order valence-corrected chi connectivity index (χ4v) is 1.57. The minimum atomic E-state index is -0.247. The van der Waals surface area contributed by atoms with Crippen molar-refractivity contribution in [2.45, 2.75) is 33.3 Å². The number of hydrogen-bond acceptors (Lipinski definition) is 1. The summed E-state index contributed by atoms with van der Waals surface area (Å²) in [6.07, 6.45) is 4.85. The van der Waals surface area contributed by atoms with Gasteiger partial charge in [-0.05, 0) is 17.8 Å². The zero-order valence-electron chi connectivity index (χ0n) is 6.96. The smallest absolute Gasteiger partial charge is 0.0772 e. The van der Waals surface area contributed by atoms with Gasteiger partial charge in [-0.25, -0.2) is 0 Å². The van der Waals surface area contributed by atoms with Crippen molar-refractivity contribution in [3.63, 3.8) is 0 Å². The van der Waals surface area contributed by atoms with Crippen molar-refractivity contribution in [3.8, 4) is 0 Å². The van der Waals surface area contributed by atoms with E-state index in [9.17, 15) is 5.11 Å². The monoisotopic (exact) mass is 140 g/mol. The SMILES string of the molecule is CC1C=CC(O)C(C)(C)C1. The second-order valence-corrected chi connectivity index (χ2v) is 4.00. The van der Waals surface area contributed by atoms with Crippen molar-refractivity contribution in [2.75, 3.05) is 0 Å². The Kier molecular flexibility index (Phi) is 1.86. The lowest BCUT2D eigenvalue weighted by Crippen LogP contribution is -2.32. The van der Waals surface area contributed by atoms with E-state index in [0.717, 1.165) is 6.42 Å². The van der Waals surface area contributed by atoms with Crippen LogP contribution in [0.1, 0.15) is 27.2 Å². The molecule has 0 radical (unpaired) electrons. The molecule has 1 rings (SSSR count). The van der Waals surface area contributed by atoms with Gasteiger partial charge >= 0.3 is 0 Å². The average Bonchev–Trinajstić information content (AvgIpc) is 1.78. The fraction of sp³-hybridized carbons (Fsp3) is 0.778. The van der Waals surface area contributed by atoms with Crippen molar-refractivity contribution in [2.24, 2.45) is 11.3 Å². The molecule has 2 atom stereocenters. The summed E-state index contributed by atoms with van der Waals surface area (Å²) in [5.74, 6) is 0.624. The van der Waals surface area contributed by atoms with E-state index in [1.54, 1.807) is 0 Å². The molecular formula is C9H16O. The highest BCUT2D eigenvalue weighted by Crippen LogP contribution is 2.34. The van der Waals surface area contributed by atoms with E-state index in [0.29, 0.717) is 5.92 Å². The number of aliphatic hydroxyl groups is 1. The highest BCUT2D eigenvalue weighted by atomic mass is 16.3. The van der Waals surface area contributed by atoms with Gasteiger partial charge in [-0.3, -0.25) is 0 Å². The molecule has 0 bridgehead atoms. The van der Waals surface area contributed by atoms with Gasteiger partial charge in [-0.2, -0.15) is 0 Å². The van der Waals surface area contributed by atoms with Crippen LogP contribution < -0.4 is 0 Å². The molecule has 1 aliphatic carbocycles. The van der Waals surface area contributed by atoms with Crippen LogP contribution in [-0.4, -0.2) is 11.2 Å². The van der Waals surface area contributed by atoms with Gasteiger partial charge in [0.1, 0.15) is 0 Å². The van der Waals surface area contributed by atoms with E-state index in [2.05, 4.69) is 26.8 Å². The molecule has 0 heterocycles. The molecule has 1 nitrogen and oxygen atoms in total. The van der Waals surface area contributed by atoms with E-state index in [1.165, 1.54) is 0 Å². The molecule has 0 saturated carbocycles. The predicted octanol–water partition coefficient (Wildman–Crippen LogP) is 1.97. The molecule has 1 aliphatic rings. The maximum Gasteiger partial charge on any atom is 0.0772 e. The largest absolute Gasteiger partial charge is 0.388 e. The van der Waals surface area contributed by atoms with E-state index in [1.807, 2.05) is 6.08 Å². The molecule has 0 aromatic heterocycles. The Labute approximate surface area is 62.8 Å². The molecule has 0 spiro atoms. The van der Waals surface area contributed by atoms with Gasteiger partial charge in [-0.1, -0.05) is 32.9 Å². The maximum absolute atomic E-state index is 9.47. The second kappa shape index (κ2) is 2.39. The summed E-state index contributed by atoms with van der Waals surface area (Å²) in [6.45, 7) is 6.40. The lowest BCUT2D eigenvalue weighted by Gasteiger charge is -2.34. The normalized spacial score (nSPS) is 38.0. The average molecular weight is 140 g/mol. The van der Waals surface area contributed by atoms with Gasteiger partial charge in [-0.15, -0.1) is 0 Å². The Bertz CT molecular complexity index is 147. The molecule has 0 aliphatic heterocycles. The van der Waals surface area contributed by atoms with Crippen molar-refractivity contribution < 1.29 is 5.11 Å². The van der Waals surface area contributed by atoms with Crippen LogP contribution in [-0.2, 0) is 0 Å². The minimum Gasteiger partial charge on any atom is -0.388 e. The molecule has 2 unspecified atom stereocenters. The fourth-order valence-electron chi connectivity index (χ4n) is 1.57. The van der Waals surface area contributed by atoms with Crippen molar-refractivity contribution in [1.82, 2.24) is 0 Å². The quantitative estimate of drug-likeness (QED) is 0.510. The van der Waals surface area contributed by atoms with Crippen molar-refractivity contribution >= 4 is 0 Å². The van der Waals surface area contributed by atoms with Crippen LogP contribution >= 0.6 is 0 Å². The van der Waals surface area contributed by atoms with Crippen LogP contribution in [0.4, 0.5) is 0 Å². The summed E-state index contributed by atoms with van der Waals surface area (Å²) in [5, 5.41) is 9.47. The van der Waals surface area contributed by atoms with Gasteiger partial charge in [0, 0.05) is 0 Å². The summed E-state index contributed by atoms with van der Waals surface area (Å²) in [6, 6.07) is 0. The van der Waals surface area contributed by atoms with Crippen LogP contribution in [0.3, 0.4) is 0 Å². The summed E-state index contributed by atoms with van der Waals surface area (Å²) in [4.78, 5) is 0. The standard InChI is InChI=1S/C9H16O/c1-7-4-5-8(10)9(2,3)6-7/h4-5,7-8,10H,6H2,1-3H3. The molecule has 1 N–H and O–H groups in total. The minimum absolute atomic E-state index is 0.0775. The van der Waals surface area contributed by atoms with Gasteiger partial charge in [0.05, 0.1) is 6.10 Å². The molecule has 0 fully saturated rings. The van der Waals surface area contributed by atoms with Gasteiger partial charge in [0.25, 0.3) is 0 Å². The Morgan fingerprint density at radius 2 is 2.00 bits per heavy atom. The summed E-state index contributed by atoms with van der Waals surface area (Å²) >= 11 is 0. The lowest BCUT2D eigenvalue weighted by molar-refractivity contribution is 0.0666. The van der Waals surface area contributed by atoms with Crippen molar-refractivity contribution in [3.05, 3.63) is 12.2 Å². The van der Waals surface area contributed by atoms with Crippen LogP contribution in [0.5, 0.6) is 0 Å². The molecule has 0 aromatic carbocycles. The topological polar surface area (TPSA) is 20.2 Å². The van der Waals surface area contributed by atoms with Gasteiger partial charge in [0.15, 0.2) is 0 Å². The third-order valence-corrected chi connectivity index (χ3v) is 2.27. The first-order chi connectivity index (χ1) is 4.52. The number of aliphatic hydroxyl groups excluding tert-OH is 1. The van der Waals surface area contributed by atoms with E-state index < -0.39 is 0 Å². The van der Waals surface area contributed by atoms with Gasteiger partial charge < -0.3 is 5.11 Å². The highest BCUT2D eigenvalue weighted by Gasteiger charge is 2.30. The number of rotatable bonds is 0. The molecule has 0 amide bonds. The summed E-state index contributed by atoms with van der Waals surface area (Å²) < 4.78 is 0. The Balaban J connectivity index is 2.72. The van der Waals surface area contributed by atoms with E-state index in [-0.39, 0.29) is 11.5 Å². The molecule has 0 aromatic rings. The third kappa shape index (κ3) is 1.40. The highest BCUT2D eigenvalue weighted by molar-refractivity contribution is 5.04. The molecule has 10 heavy (non-hydrogen) atoms. The summed E-state index contributed by atoms with van der Waals surface area (Å²) in [5.41, 5.74) is 0.0775. The first kappa shape index (κ1) is 7.80. The Morgan fingerprint density at radius 3 is 2.40 bits per heavy atom. The van der Waals surface area contributed by atoms with Gasteiger partial charge in [0.2, 0.25) is 0 Å².